The Balaban J connectivity index is 1.58. The van der Waals surface area contributed by atoms with Crippen LogP contribution in [0.25, 0.3) is 10.8 Å². The summed E-state index contributed by atoms with van der Waals surface area (Å²) in [5, 5.41) is 10.5. The molecule has 0 saturated heterocycles. The van der Waals surface area contributed by atoms with Crippen LogP contribution in [0.3, 0.4) is 0 Å². The lowest BCUT2D eigenvalue weighted by Crippen LogP contribution is -2.17. The quantitative estimate of drug-likeness (QED) is 0.563. The molecule has 6 nitrogen and oxygen atoms in total. The van der Waals surface area contributed by atoms with Crippen molar-refractivity contribution in [1.29, 1.82) is 0 Å². The van der Waals surface area contributed by atoms with Crippen molar-refractivity contribution in [3.63, 3.8) is 0 Å². The highest BCUT2D eigenvalue weighted by atomic mass is 35.5. The van der Waals surface area contributed by atoms with Gasteiger partial charge < -0.3 is 13.9 Å². The molecular formula is C18H17ClN2O4S. The first kappa shape index (κ1) is 18.4. The second-order valence-electron chi connectivity index (χ2n) is 5.71. The van der Waals surface area contributed by atoms with Crippen molar-refractivity contribution >= 4 is 28.9 Å². The van der Waals surface area contributed by atoms with Crippen LogP contribution in [0.15, 0.2) is 34.1 Å². The molecule has 0 aliphatic rings. The lowest BCUT2D eigenvalue weighted by Gasteiger charge is -2.13. The molecule has 0 bridgehead atoms. The maximum absolute atomic E-state index is 12.1. The minimum atomic E-state index is -0.667. The third-order valence-electron chi connectivity index (χ3n) is 3.59. The number of benzene rings is 1. The van der Waals surface area contributed by atoms with Crippen LogP contribution >= 0.6 is 22.9 Å². The second-order valence-corrected chi connectivity index (χ2v) is 7.10. The number of aryl methyl sites for hydroxylation is 2. The predicted molar refractivity (Wildman–Crippen MR) is 98.5 cm³/mol. The van der Waals surface area contributed by atoms with Crippen LogP contribution in [-0.4, -0.2) is 22.8 Å². The monoisotopic (exact) mass is 392 g/mol. The summed E-state index contributed by atoms with van der Waals surface area (Å²) in [7, 11) is 0. The average molecular weight is 393 g/mol. The third kappa shape index (κ3) is 4.23. The number of carbonyl (C=O) groups is 1. The molecule has 0 N–H and O–H groups in total. The van der Waals surface area contributed by atoms with Crippen LogP contribution in [0, 0.1) is 13.8 Å². The summed E-state index contributed by atoms with van der Waals surface area (Å²) < 4.78 is 16.5. The largest absolute Gasteiger partial charge is 0.481 e. The van der Waals surface area contributed by atoms with E-state index in [0.29, 0.717) is 16.7 Å². The molecule has 1 atom stereocenters. The van der Waals surface area contributed by atoms with Gasteiger partial charge in [0.05, 0.1) is 4.88 Å². The fourth-order valence-electron chi connectivity index (χ4n) is 2.44. The Kier molecular flexibility index (Phi) is 5.58. The van der Waals surface area contributed by atoms with E-state index in [0.717, 1.165) is 16.0 Å². The Labute approximate surface area is 159 Å². The minimum Gasteiger partial charge on any atom is -0.481 e. The van der Waals surface area contributed by atoms with Gasteiger partial charge in [0.1, 0.15) is 5.75 Å². The van der Waals surface area contributed by atoms with Crippen molar-refractivity contribution in [2.75, 3.05) is 6.61 Å². The molecule has 0 aliphatic heterocycles. The minimum absolute atomic E-state index is 0.223. The van der Waals surface area contributed by atoms with Crippen molar-refractivity contribution in [2.45, 2.75) is 26.9 Å². The number of ether oxygens (including phenoxy) is 2. The first-order valence-corrected chi connectivity index (χ1v) is 9.16. The molecule has 136 valence electrons. The van der Waals surface area contributed by atoms with E-state index in [1.54, 1.807) is 19.1 Å². The second kappa shape index (κ2) is 7.88. The highest BCUT2D eigenvalue weighted by Gasteiger charge is 2.20. The molecule has 0 fully saturated rings. The van der Waals surface area contributed by atoms with Gasteiger partial charge in [0.15, 0.2) is 12.7 Å². The summed E-state index contributed by atoms with van der Waals surface area (Å²) in [4.78, 5) is 12.9. The Morgan fingerprint density at radius 3 is 2.69 bits per heavy atom. The molecular weight excluding hydrogens is 376 g/mol. The van der Waals surface area contributed by atoms with Crippen LogP contribution in [-0.2, 0) is 9.53 Å². The summed E-state index contributed by atoms with van der Waals surface area (Å²) in [5.74, 6) is 0.737. The van der Waals surface area contributed by atoms with Gasteiger partial charge in [-0.25, -0.2) is 4.79 Å². The van der Waals surface area contributed by atoms with Crippen LogP contribution < -0.4 is 4.74 Å². The van der Waals surface area contributed by atoms with E-state index in [1.165, 1.54) is 11.3 Å². The highest BCUT2D eigenvalue weighted by molar-refractivity contribution is 7.13. The zero-order valence-electron chi connectivity index (χ0n) is 14.5. The number of hydrogen-bond donors (Lipinski definition) is 0. The summed E-state index contributed by atoms with van der Waals surface area (Å²) in [6.07, 6.45) is -0.667. The fourth-order valence-corrected chi connectivity index (χ4v) is 3.41. The molecule has 1 aromatic carbocycles. The number of halogens is 1. The average Bonchev–Trinajstić information content (AvgIpc) is 3.25. The molecule has 0 aliphatic carbocycles. The summed E-state index contributed by atoms with van der Waals surface area (Å²) in [6.45, 7) is 5.18. The van der Waals surface area contributed by atoms with E-state index < -0.39 is 12.1 Å². The normalized spacial score (nSPS) is 12.0. The summed E-state index contributed by atoms with van der Waals surface area (Å²) in [6, 6.07) is 7.33. The molecule has 0 unspecified atom stereocenters. The molecule has 3 aromatic rings. The Morgan fingerprint density at radius 2 is 2.04 bits per heavy atom. The Hall–Kier alpha value is -2.38. The lowest BCUT2D eigenvalue weighted by atomic mass is 10.1. The maximum Gasteiger partial charge on any atom is 0.344 e. The van der Waals surface area contributed by atoms with Gasteiger partial charge in [-0.1, -0.05) is 17.7 Å². The van der Waals surface area contributed by atoms with Gasteiger partial charge in [-0.05, 0) is 55.5 Å². The Bertz CT molecular complexity index is 885. The standard InChI is InChI=1S/C18H17ClN2O4S/c1-10-7-13(19)8-11(2)16(10)23-9-15(22)24-12(3)17-20-21-18(25-17)14-5-4-6-26-14/h4-8,12H,9H2,1-3H3/t12-/m0/s1. The number of esters is 1. The smallest absolute Gasteiger partial charge is 0.344 e. The topological polar surface area (TPSA) is 74.5 Å². The fraction of sp³-hybridized carbons (Fsp3) is 0.278. The van der Waals surface area contributed by atoms with Crippen molar-refractivity contribution in [2.24, 2.45) is 0 Å². The summed E-state index contributed by atoms with van der Waals surface area (Å²) in [5.41, 5.74) is 1.71. The van der Waals surface area contributed by atoms with Crippen LogP contribution in [0.4, 0.5) is 0 Å². The van der Waals surface area contributed by atoms with Gasteiger partial charge in [0.2, 0.25) is 0 Å². The maximum atomic E-state index is 12.1. The molecule has 2 aromatic heterocycles. The van der Waals surface area contributed by atoms with Crippen molar-refractivity contribution in [3.8, 4) is 16.5 Å². The number of nitrogens with zero attached hydrogens (tertiary/aromatic N) is 2. The van der Waals surface area contributed by atoms with Crippen molar-refractivity contribution in [1.82, 2.24) is 10.2 Å². The molecule has 0 radical (unpaired) electrons. The summed E-state index contributed by atoms with van der Waals surface area (Å²) >= 11 is 7.48. The SMILES string of the molecule is Cc1cc(Cl)cc(C)c1OCC(=O)O[C@@H](C)c1nnc(-c2cccs2)o1. The van der Waals surface area contributed by atoms with Crippen LogP contribution in [0.2, 0.25) is 5.02 Å². The number of carbonyl (C=O) groups excluding carboxylic acids is 1. The lowest BCUT2D eigenvalue weighted by molar-refractivity contribution is -0.152. The molecule has 0 saturated carbocycles. The van der Waals surface area contributed by atoms with E-state index in [1.807, 2.05) is 31.4 Å². The molecule has 26 heavy (non-hydrogen) atoms. The first-order valence-electron chi connectivity index (χ1n) is 7.90. The van der Waals surface area contributed by atoms with E-state index >= 15 is 0 Å². The van der Waals surface area contributed by atoms with Gasteiger partial charge in [0, 0.05) is 5.02 Å². The molecule has 2 heterocycles. The first-order chi connectivity index (χ1) is 12.4. The van der Waals surface area contributed by atoms with Crippen LogP contribution in [0.5, 0.6) is 5.75 Å². The van der Waals surface area contributed by atoms with Gasteiger partial charge >= 0.3 is 5.97 Å². The number of aromatic nitrogens is 2. The highest BCUT2D eigenvalue weighted by Crippen LogP contribution is 2.28. The Morgan fingerprint density at radius 1 is 1.31 bits per heavy atom. The molecule has 8 heteroatoms. The van der Waals surface area contributed by atoms with Crippen LogP contribution in [0.1, 0.15) is 30.0 Å². The number of hydrogen-bond acceptors (Lipinski definition) is 7. The number of thiophene rings is 1. The van der Waals surface area contributed by atoms with Gasteiger partial charge in [-0.15, -0.1) is 21.5 Å². The van der Waals surface area contributed by atoms with E-state index in [4.69, 9.17) is 25.5 Å². The predicted octanol–water partition coefficient (Wildman–Crippen LogP) is 4.75. The molecule has 0 amide bonds. The van der Waals surface area contributed by atoms with E-state index in [-0.39, 0.29) is 12.5 Å². The number of rotatable bonds is 6. The van der Waals surface area contributed by atoms with E-state index in [9.17, 15) is 4.79 Å². The molecule has 3 rings (SSSR count). The van der Waals surface area contributed by atoms with Crippen molar-refractivity contribution < 1.29 is 18.7 Å². The van der Waals surface area contributed by atoms with E-state index in [2.05, 4.69) is 10.2 Å². The van der Waals surface area contributed by atoms with Gasteiger partial charge in [-0.2, -0.15) is 0 Å². The van der Waals surface area contributed by atoms with Crippen molar-refractivity contribution in [3.05, 3.63) is 51.7 Å². The zero-order chi connectivity index (χ0) is 18.7. The zero-order valence-corrected chi connectivity index (χ0v) is 16.1. The van der Waals surface area contributed by atoms with Gasteiger partial charge in [-0.3, -0.25) is 0 Å². The van der Waals surface area contributed by atoms with Gasteiger partial charge in [0.25, 0.3) is 11.8 Å². The third-order valence-corrected chi connectivity index (χ3v) is 4.66. The molecule has 0 spiro atoms.